The lowest BCUT2D eigenvalue weighted by molar-refractivity contribution is -0.122. The highest BCUT2D eigenvalue weighted by Crippen LogP contribution is 1.76. The predicted octanol–water partition coefficient (Wildman–Crippen LogP) is -0.823. The van der Waals surface area contributed by atoms with Crippen LogP contribution < -0.4 is 5.73 Å². The zero-order chi connectivity index (χ0) is 7.82. The third kappa shape index (κ3) is 5.68. The Bertz CT molecular complexity index is 95.0. The predicted molar refractivity (Wildman–Crippen MR) is 36.8 cm³/mol. The van der Waals surface area contributed by atoms with E-state index in [-0.39, 0.29) is 18.9 Å². The maximum Gasteiger partial charge on any atom is 0.171 e. The molecule has 60 valence electrons. The molecule has 0 aliphatic carbocycles. The lowest BCUT2D eigenvalue weighted by Crippen LogP contribution is -2.20. The van der Waals surface area contributed by atoms with Crippen LogP contribution in [-0.4, -0.2) is 39.3 Å². The first-order valence-electron chi connectivity index (χ1n) is 3.09. The molecule has 0 aliphatic rings. The molecule has 0 rings (SSSR count). The van der Waals surface area contributed by atoms with Gasteiger partial charge in [-0.3, -0.25) is 4.79 Å². The summed E-state index contributed by atoms with van der Waals surface area (Å²) >= 11 is 0. The first kappa shape index (κ1) is 9.55. The Morgan fingerprint density at radius 1 is 1.50 bits per heavy atom. The van der Waals surface area contributed by atoms with Crippen LogP contribution >= 0.6 is 0 Å². The average molecular weight is 147 g/mol. The summed E-state index contributed by atoms with van der Waals surface area (Å²) < 4.78 is 9.56. The summed E-state index contributed by atoms with van der Waals surface area (Å²) in [4.78, 5) is 10.5. The van der Waals surface area contributed by atoms with Gasteiger partial charge in [-0.15, -0.1) is 0 Å². The van der Waals surface area contributed by atoms with Gasteiger partial charge >= 0.3 is 0 Å². The Morgan fingerprint density at radius 2 is 2.20 bits per heavy atom. The van der Waals surface area contributed by atoms with Crippen molar-refractivity contribution >= 4 is 5.78 Å². The smallest absolute Gasteiger partial charge is 0.171 e. The largest absolute Gasteiger partial charge is 0.382 e. The molecule has 0 aliphatic heterocycles. The van der Waals surface area contributed by atoms with Gasteiger partial charge in [-0.25, -0.2) is 0 Å². The maximum absolute atomic E-state index is 10.5. The minimum atomic E-state index is -0.0869. The van der Waals surface area contributed by atoms with Crippen LogP contribution in [0.1, 0.15) is 0 Å². The monoisotopic (exact) mass is 147 g/mol. The van der Waals surface area contributed by atoms with Crippen molar-refractivity contribution in [2.75, 3.05) is 33.5 Å². The minimum Gasteiger partial charge on any atom is -0.382 e. The van der Waals surface area contributed by atoms with E-state index in [4.69, 9.17) is 10.5 Å². The summed E-state index contributed by atoms with van der Waals surface area (Å²) in [5, 5.41) is 0. The molecular formula is C6H13NO3. The number of rotatable bonds is 6. The second-order valence-corrected chi connectivity index (χ2v) is 1.79. The van der Waals surface area contributed by atoms with Crippen molar-refractivity contribution in [3.8, 4) is 0 Å². The number of Topliss-reactive ketones (excluding diaryl/α,β-unsaturated/α-hetero) is 1. The molecule has 0 amide bonds. The van der Waals surface area contributed by atoms with Crippen molar-refractivity contribution in [3.05, 3.63) is 0 Å². The molecule has 4 nitrogen and oxygen atoms in total. The molecule has 10 heavy (non-hydrogen) atoms. The van der Waals surface area contributed by atoms with E-state index in [1.807, 2.05) is 0 Å². The molecule has 0 radical (unpaired) electrons. The Kier molecular flexibility index (Phi) is 6.37. The van der Waals surface area contributed by atoms with E-state index >= 15 is 0 Å². The SMILES string of the molecule is COCCOCC(=O)CN. The standard InChI is InChI=1S/C6H13NO3/c1-9-2-3-10-5-6(8)4-7/h2-5,7H2,1H3. The van der Waals surface area contributed by atoms with Gasteiger partial charge in [-0.05, 0) is 0 Å². The van der Waals surface area contributed by atoms with E-state index in [0.29, 0.717) is 13.2 Å². The van der Waals surface area contributed by atoms with E-state index < -0.39 is 0 Å². The second-order valence-electron chi connectivity index (χ2n) is 1.79. The van der Waals surface area contributed by atoms with Gasteiger partial charge in [-0.1, -0.05) is 0 Å². The van der Waals surface area contributed by atoms with Crippen molar-refractivity contribution in [1.29, 1.82) is 0 Å². The molecule has 0 saturated heterocycles. The second kappa shape index (κ2) is 6.67. The van der Waals surface area contributed by atoms with Gasteiger partial charge in [0, 0.05) is 7.11 Å². The Morgan fingerprint density at radius 3 is 2.70 bits per heavy atom. The van der Waals surface area contributed by atoms with Crippen molar-refractivity contribution in [3.63, 3.8) is 0 Å². The van der Waals surface area contributed by atoms with E-state index in [1.165, 1.54) is 0 Å². The highest BCUT2D eigenvalue weighted by atomic mass is 16.5. The minimum absolute atomic E-state index is 0.0486. The quantitative estimate of drug-likeness (QED) is 0.498. The Balaban J connectivity index is 2.96. The molecule has 0 bridgehead atoms. The normalized spacial score (nSPS) is 9.80. The fourth-order valence-electron chi connectivity index (χ4n) is 0.387. The number of hydrogen-bond donors (Lipinski definition) is 1. The van der Waals surface area contributed by atoms with Crippen LogP contribution in [0.25, 0.3) is 0 Å². The van der Waals surface area contributed by atoms with Crippen LogP contribution in [0.3, 0.4) is 0 Å². The Labute approximate surface area is 60.3 Å². The van der Waals surface area contributed by atoms with Crippen LogP contribution in [0.5, 0.6) is 0 Å². The number of nitrogens with two attached hydrogens (primary N) is 1. The summed E-state index contributed by atoms with van der Waals surface area (Å²) in [6.07, 6.45) is 0. The highest BCUT2D eigenvalue weighted by molar-refractivity contribution is 5.81. The van der Waals surface area contributed by atoms with Crippen LogP contribution in [0.15, 0.2) is 0 Å². The number of methoxy groups -OCH3 is 1. The van der Waals surface area contributed by atoms with Crippen LogP contribution in [0.2, 0.25) is 0 Å². The third-order valence-corrected chi connectivity index (χ3v) is 0.923. The van der Waals surface area contributed by atoms with E-state index in [0.717, 1.165) is 0 Å². The summed E-state index contributed by atoms with van der Waals surface area (Å²) in [6, 6.07) is 0. The summed E-state index contributed by atoms with van der Waals surface area (Å²) in [6.45, 7) is 1.10. The van der Waals surface area contributed by atoms with E-state index in [2.05, 4.69) is 4.74 Å². The van der Waals surface area contributed by atoms with Crippen LogP contribution in [0, 0.1) is 0 Å². The zero-order valence-electron chi connectivity index (χ0n) is 6.13. The average Bonchev–Trinajstić information content (AvgIpc) is 1.98. The van der Waals surface area contributed by atoms with Gasteiger partial charge in [0.2, 0.25) is 0 Å². The number of ether oxygens (including phenoxy) is 2. The highest BCUT2D eigenvalue weighted by Gasteiger charge is 1.96. The first-order chi connectivity index (χ1) is 4.81. The zero-order valence-corrected chi connectivity index (χ0v) is 6.13. The molecule has 0 heterocycles. The van der Waals surface area contributed by atoms with E-state index in [1.54, 1.807) is 7.11 Å². The fourth-order valence-corrected chi connectivity index (χ4v) is 0.387. The molecule has 0 atom stereocenters. The van der Waals surface area contributed by atoms with Gasteiger partial charge in [0.05, 0.1) is 19.8 Å². The molecule has 0 fully saturated rings. The van der Waals surface area contributed by atoms with Gasteiger partial charge < -0.3 is 15.2 Å². The molecule has 0 spiro atoms. The molecule has 0 aromatic carbocycles. The van der Waals surface area contributed by atoms with Crippen molar-refractivity contribution < 1.29 is 14.3 Å². The van der Waals surface area contributed by atoms with Gasteiger partial charge in [0.15, 0.2) is 5.78 Å². The molecule has 2 N–H and O–H groups in total. The number of carbonyl (C=O) groups excluding carboxylic acids is 1. The van der Waals surface area contributed by atoms with Gasteiger partial charge in [0.1, 0.15) is 6.61 Å². The molecule has 4 heteroatoms. The lowest BCUT2D eigenvalue weighted by atomic mass is 10.4. The molecule has 0 aromatic heterocycles. The van der Waals surface area contributed by atoms with Crippen molar-refractivity contribution in [1.82, 2.24) is 0 Å². The number of ketones is 1. The lowest BCUT2D eigenvalue weighted by Gasteiger charge is -1.99. The van der Waals surface area contributed by atoms with Crippen molar-refractivity contribution in [2.45, 2.75) is 0 Å². The van der Waals surface area contributed by atoms with E-state index in [9.17, 15) is 4.79 Å². The maximum atomic E-state index is 10.5. The van der Waals surface area contributed by atoms with Gasteiger partial charge in [-0.2, -0.15) is 0 Å². The fraction of sp³-hybridized carbons (Fsp3) is 0.833. The third-order valence-electron chi connectivity index (χ3n) is 0.923. The number of hydrogen-bond acceptors (Lipinski definition) is 4. The van der Waals surface area contributed by atoms with Gasteiger partial charge in [0.25, 0.3) is 0 Å². The molecule has 0 unspecified atom stereocenters. The molecular weight excluding hydrogens is 134 g/mol. The summed E-state index contributed by atoms with van der Waals surface area (Å²) in [5.41, 5.74) is 5.03. The number of carbonyl (C=O) groups is 1. The van der Waals surface area contributed by atoms with Crippen LogP contribution in [0.4, 0.5) is 0 Å². The summed E-state index contributed by atoms with van der Waals surface area (Å²) in [5.74, 6) is -0.0869. The first-order valence-corrected chi connectivity index (χ1v) is 3.09. The molecule has 0 saturated carbocycles. The van der Waals surface area contributed by atoms with Crippen LogP contribution in [-0.2, 0) is 14.3 Å². The molecule has 0 aromatic rings. The summed E-state index contributed by atoms with van der Waals surface area (Å²) in [7, 11) is 1.58. The topological polar surface area (TPSA) is 61.5 Å². The van der Waals surface area contributed by atoms with Crippen molar-refractivity contribution in [2.24, 2.45) is 5.73 Å². The Hall–Kier alpha value is -0.450.